The molecule has 0 radical (unpaired) electrons. The molecule has 3 aliphatic rings. The summed E-state index contributed by atoms with van der Waals surface area (Å²) in [7, 11) is 1.76. The van der Waals surface area contributed by atoms with Gasteiger partial charge in [-0.05, 0) is 60.4 Å². The number of anilines is 1. The van der Waals surface area contributed by atoms with Gasteiger partial charge in [0.05, 0.1) is 5.52 Å². The van der Waals surface area contributed by atoms with Crippen molar-refractivity contribution in [2.75, 3.05) is 11.9 Å². The van der Waals surface area contributed by atoms with E-state index in [1.54, 1.807) is 23.9 Å². The molecule has 174 valence electrons. The number of carbonyl (C=O) groups is 1. The van der Waals surface area contributed by atoms with Crippen LogP contribution in [0.25, 0.3) is 10.9 Å². The molecule has 5 atom stereocenters. The van der Waals surface area contributed by atoms with Crippen LogP contribution in [0.5, 0.6) is 0 Å². The minimum absolute atomic E-state index is 0.159. The molecule has 0 bridgehead atoms. The van der Waals surface area contributed by atoms with Crippen molar-refractivity contribution in [2.24, 2.45) is 30.2 Å². The summed E-state index contributed by atoms with van der Waals surface area (Å²) in [6.07, 6.45) is 5.17. The Bertz CT molecular complexity index is 1260. The van der Waals surface area contributed by atoms with Crippen molar-refractivity contribution in [3.8, 4) is 0 Å². The van der Waals surface area contributed by atoms with Gasteiger partial charge >= 0.3 is 0 Å². The Morgan fingerprint density at radius 3 is 2.70 bits per heavy atom. The summed E-state index contributed by atoms with van der Waals surface area (Å²) < 4.78 is 45.7. The topological polar surface area (TPSA) is 82.1 Å². The van der Waals surface area contributed by atoms with Gasteiger partial charge in [-0.2, -0.15) is 0 Å². The van der Waals surface area contributed by atoms with Crippen LogP contribution in [0, 0.1) is 40.6 Å². The van der Waals surface area contributed by atoms with E-state index in [9.17, 15) is 23.1 Å². The van der Waals surface area contributed by atoms with Gasteiger partial charge in [-0.15, -0.1) is 0 Å². The standard InChI is InChI=1S/C23H23F3N4O2S/c1-30-20(21(32)28-11-7-15(24)17(26)16(25)8-11)12-3-5-27-18(12)22(30)33-29-19-13-2-4-23(13)10(9-31)6-14(19)23/h3,5,7-8,10,13-14,19,27,29,31H,2,4,6,9H2,1H3,(H,28,32). The van der Waals surface area contributed by atoms with E-state index in [1.807, 2.05) is 0 Å². The fourth-order valence-electron chi connectivity index (χ4n) is 6.59. The Hall–Kier alpha value is -2.43. The van der Waals surface area contributed by atoms with E-state index >= 15 is 0 Å². The highest BCUT2D eigenvalue weighted by Gasteiger charge is 2.75. The SMILES string of the molecule is Cn1c(C(=O)Nc2cc(F)c(F)c(F)c2)c2cc[nH]c2c1SNC1C2CCC23C(CO)CC13. The van der Waals surface area contributed by atoms with Crippen molar-refractivity contribution in [2.45, 2.75) is 30.3 Å². The van der Waals surface area contributed by atoms with Gasteiger partial charge in [-0.1, -0.05) is 0 Å². The maximum Gasteiger partial charge on any atom is 0.273 e. The predicted molar refractivity (Wildman–Crippen MR) is 118 cm³/mol. The number of hydrogen-bond donors (Lipinski definition) is 4. The average Bonchev–Trinajstić information content (AvgIpc) is 3.29. The Balaban J connectivity index is 1.23. The third kappa shape index (κ3) is 2.74. The number of nitrogens with zero attached hydrogens (tertiary/aromatic N) is 1. The molecule has 2 heterocycles. The summed E-state index contributed by atoms with van der Waals surface area (Å²) in [6.45, 7) is 0.272. The number of H-pyrrole nitrogens is 1. The number of benzene rings is 1. The number of fused-ring (bicyclic) bond motifs is 1. The second-order valence-corrected chi connectivity index (χ2v) is 10.2. The molecule has 1 spiro atoms. The highest BCUT2D eigenvalue weighted by atomic mass is 32.2. The quantitative estimate of drug-likeness (QED) is 0.318. The number of halogens is 3. The number of carbonyl (C=O) groups excluding carboxylic acids is 1. The van der Waals surface area contributed by atoms with Crippen molar-refractivity contribution in [3.63, 3.8) is 0 Å². The molecular formula is C23H23F3N4O2S. The van der Waals surface area contributed by atoms with E-state index in [1.165, 1.54) is 24.8 Å². The molecule has 4 N–H and O–H groups in total. The number of aromatic amines is 1. The molecule has 1 amide bonds. The van der Waals surface area contributed by atoms with Crippen LogP contribution in [0.3, 0.4) is 0 Å². The Morgan fingerprint density at radius 1 is 1.30 bits per heavy atom. The lowest BCUT2D eigenvalue weighted by Crippen LogP contribution is -2.79. The molecule has 3 fully saturated rings. The van der Waals surface area contributed by atoms with Crippen LogP contribution in [0.2, 0.25) is 0 Å². The first-order valence-corrected chi connectivity index (χ1v) is 11.8. The van der Waals surface area contributed by atoms with Gasteiger partial charge in [-0.3, -0.25) is 9.52 Å². The maximum atomic E-state index is 13.6. The second-order valence-electron chi connectivity index (χ2n) is 9.41. The Morgan fingerprint density at radius 2 is 2.06 bits per heavy atom. The monoisotopic (exact) mass is 476 g/mol. The highest BCUT2D eigenvalue weighted by Crippen LogP contribution is 2.77. The van der Waals surface area contributed by atoms with Crippen LogP contribution in [-0.4, -0.2) is 33.2 Å². The molecular weight excluding hydrogens is 453 g/mol. The number of aromatic nitrogens is 2. The van der Waals surface area contributed by atoms with Crippen molar-refractivity contribution in [1.82, 2.24) is 14.3 Å². The lowest BCUT2D eigenvalue weighted by atomic mass is 9.28. The fourth-order valence-corrected chi connectivity index (χ4v) is 7.67. The normalized spacial score (nSPS) is 29.6. The van der Waals surface area contributed by atoms with Gasteiger partial charge in [0.1, 0.15) is 10.7 Å². The van der Waals surface area contributed by atoms with Crippen LogP contribution in [0.1, 0.15) is 29.8 Å². The van der Waals surface area contributed by atoms with E-state index in [0.717, 1.165) is 29.1 Å². The number of aliphatic hydroxyl groups excluding tert-OH is 1. The van der Waals surface area contributed by atoms with E-state index in [4.69, 9.17) is 0 Å². The van der Waals surface area contributed by atoms with Crippen molar-refractivity contribution in [1.29, 1.82) is 0 Å². The molecule has 5 unspecified atom stereocenters. The lowest BCUT2D eigenvalue weighted by molar-refractivity contribution is -0.287. The summed E-state index contributed by atoms with van der Waals surface area (Å²) in [4.78, 5) is 16.2. The third-order valence-electron chi connectivity index (χ3n) is 8.26. The van der Waals surface area contributed by atoms with Gasteiger partial charge < -0.3 is 20.0 Å². The van der Waals surface area contributed by atoms with Crippen LogP contribution in [-0.2, 0) is 7.05 Å². The number of nitrogens with one attached hydrogen (secondary N) is 3. The average molecular weight is 477 g/mol. The summed E-state index contributed by atoms with van der Waals surface area (Å²) in [6, 6.07) is 3.67. The fraction of sp³-hybridized carbons (Fsp3) is 0.435. The van der Waals surface area contributed by atoms with E-state index in [2.05, 4.69) is 15.0 Å². The number of rotatable bonds is 6. The predicted octanol–water partition coefficient (Wildman–Crippen LogP) is 4.18. The zero-order valence-corrected chi connectivity index (χ0v) is 18.6. The van der Waals surface area contributed by atoms with Crippen LogP contribution in [0.15, 0.2) is 29.4 Å². The smallest absolute Gasteiger partial charge is 0.273 e. The molecule has 2 aromatic heterocycles. The molecule has 3 saturated carbocycles. The second kappa shape index (κ2) is 7.28. The van der Waals surface area contributed by atoms with Crippen molar-refractivity contribution >= 4 is 34.4 Å². The largest absolute Gasteiger partial charge is 0.396 e. The van der Waals surface area contributed by atoms with Gasteiger partial charge in [-0.25, -0.2) is 13.2 Å². The van der Waals surface area contributed by atoms with Gasteiger partial charge in [0.2, 0.25) is 0 Å². The van der Waals surface area contributed by atoms with Gasteiger partial charge in [0, 0.05) is 49.1 Å². The highest BCUT2D eigenvalue weighted by molar-refractivity contribution is 7.97. The van der Waals surface area contributed by atoms with Gasteiger partial charge in [0.15, 0.2) is 17.5 Å². The Kier molecular flexibility index (Phi) is 4.66. The first-order valence-electron chi connectivity index (χ1n) is 11.0. The zero-order chi connectivity index (χ0) is 23.1. The van der Waals surface area contributed by atoms with Crippen LogP contribution in [0.4, 0.5) is 18.9 Å². The summed E-state index contributed by atoms with van der Waals surface area (Å²) in [5.74, 6) is -3.24. The zero-order valence-electron chi connectivity index (χ0n) is 17.8. The van der Waals surface area contributed by atoms with E-state index < -0.39 is 23.4 Å². The molecule has 10 heteroatoms. The molecule has 6 rings (SSSR count). The summed E-state index contributed by atoms with van der Waals surface area (Å²) >= 11 is 1.47. The maximum absolute atomic E-state index is 13.6. The molecule has 3 aromatic rings. The number of hydrogen-bond acceptors (Lipinski definition) is 4. The summed E-state index contributed by atoms with van der Waals surface area (Å²) in [5.41, 5.74) is 1.30. The van der Waals surface area contributed by atoms with E-state index in [0.29, 0.717) is 40.3 Å². The lowest BCUT2D eigenvalue weighted by Gasteiger charge is -2.78. The molecule has 3 aliphatic carbocycles. The summed E-state index contributed by atoms with van der Waals surface area (Å²) in [5, 5.41) is 13.6. The van der Waals surface area contributed by atoms with Crippen molar-refractivity contribution in [3.05, 3.63) is 47.5 Å². The van der Waals surface area contributed by atoms with Crippen LogP contribution < -0.4 is 10.0 Å². The van der Waals surface area contributed by atoms with Crippen molar-refractivity contribution < 1.29 is 23.1 Å². The molecule has 33 heavy (non-hydrogen) atoms. The first kappa shape index (κ1) is 21.1. The molecule has 1 aromatic carbocycles. The number of amides is 1. The Labute approximate surface area is 192 Å². The minimum atomic E-state index is -1.58. The first-order chi connectivity index (χ1) is 15.9. The minimum Gasteiger partial charge on any atom is -0.396 e. The van der Waals surface area contributed by atoms with Gasteiger partial charge in [0.25, 0.3) is 5.91 Å². The number of aliphatic hydroxyl groups is 1. The molecule has 6 nitrogen and oxygen atoms in total. The molecule has 0 saturated heterocycles. The molecule has 0 aliphatic heterocycles. The third-order valence-corrected chi connectivity index (χ3v) is 9.32. The van der Waals surface area contributed by atoms with E-state index in [-0.39, 0.29) is 12.3 Å². The van der Waals surface area contributed by atoms with Crippen LogP contribution >= 0.6 is 11.9 Å².